The lowest BCUT2D eigenvalue weighted by atomic mass is 9.95. The lowest BCUT2D eigenvalue weighted by Crippen LogP contribution is -2.49. The van der Waals surface area contributed by atoms with Crippen LogP contribution in [0.4, 0.5) is 4.79 Å². The molecule has 4 rings (SSSR count). The number of rotatable bonds is 7. The van der Waals surface area contributed by atoms with E-state index in [1.54, 1.807) is 7.11 Å². The van der Waals surface area contributed by atoms with E-state index in [0.717, 1.165) is 74.6 Å². The Morgan fingerprint density at radius 3 is 2.60 bits per heavy atom. The van der Waals surface area contributed by atoms with Crippen LogP contribution in [-0.4, -0.2) is 85.4 Å². The highest BCUT2D eigenvalue weighted by atomic mass is 16.6. The Hall–Kier alpha value is -2.84. The third-order valence-electron chi connectivity index (χ3n) is 7.16. The number of aromatic nitrogens is 1. The summed E-state index contributed by atoms with van der Waals surface area (Å²) in [6, 6.07) is 10.3. The van der Waals surface area contributed by atoms with Gasteiger partial charge in [0.15, 0.2) is 0 Å². The zero-order valence-electron chi connectivity index (χ0n) is 21.5. The van der Waals surface area contributed by atoms with Crippen LogP contribution < -0.4 is 10.3 Å². The van der Waals surface area contributed by atoms with E-state index in [1.165, 1.54) is 5.56 Å². The van der Waals surface area contributed by atoms with Crippen LogP contribution in [0.1, 0.15) is 31.0 Å². The van der Waals surface area contributed by atoms with Gasteiger partial charge < -0.3 is 23.8 Å². The average Bonchev–Trinajstić information content (AvgIpc) is 2.87. The number of methoxy groups -OCH3 is 1. The van der Waals surface area contributed by atoms with Gasteiger partial charge in [-0.25, -0.2) is 4.79 Å². The number of fused-ring (bicyclic) bond motifs is 1. The van der Waals surface area contributed by atoms with Gasteiger partial charge in [0, 0.05) is 63.0 Å². The maximum atomic E-state index is 13.6. The van der Waals surface area contributed by atoms with E-state index in [9.17, 15) is 9.59 Å². The third kappa shape index (κ3) is 5.70. The number of hydrogen-bond acceptors (Lipinski definition) is 6. The van der Waals surface area contributed by atoms with Gasteiger partial charge in [-0.3, -0.25) is 9.69 Å². The average molecular weight is 483 g/mol. The summed E-state index contributed by atoms with van der Waals surface area (Å²) in [6.07, 6.45) is 2.53. The molecule has 2 aromatic rings. The van der Waals surface area contributed by atoms with E-state index in [-0.39, 0.29) is 11.7 Å². The Labute approximate surface area is 208 Å². The van der Waals surface area contributed by atoms with Crippen LogP contribution in [0, 0.1) is 0 Å². The van der Waals surface area contributed by atoms with Gasteiger partial charge in [0.1, 0.15) is 5.75 Å². The minimum atomic E-state index is -0.206. The van der Waals surface area contributed by atoms with Crippen LogP contribution in [0.3, 0.4) is 0 Å². The number of carbonyl (C=O) groups is 1. The lowest BCUT2D eigenvalue weighted by Gasteiger charge is -2.40. The highest BCUT2D eigenvalue weighted by Gasteiger charge is 2.31. The molecule has 0 saturated carbocycles. The summed E-state index contributed by atoms with van der Waals surface area (Å²) in [7, 11) is 5.72. The second kappa shape index (κ2) is 11.3. The minimum Gasteiger partial charge on any atom is -0.497 e. The smallest absolute Gasteiger partial charge is 0.409 e. The fourth-order valence-electron chi connectivity index (χ4n) is 5.21. The number of pyridine rings is 1. The first-order chi connectivity index (χ1) is 16.9. The molecule has 8 heteroatoms. The van der Waals surface area contributed by atoms with E-state index >= 15 is 0 Å². The first kappa shape index (κ1) is 25.3. The van der Waals surface area contributed by atoms with Crippen molar-refractivity contribution in [2.24, 2.45) is 0 Å². The summed E-state index contributed by atoms with van der Waals surface area (Å²) < 4.78 is 12.6. The highest BCUT2D eigenvalue weighted by molar-refractivity contribution is 5.67. The second-order valence-corrected chi connectivity index (χ2v) is 9.66. The Morgan fingerprint density at radius 2 is 1.91 bits per heavy atom. The van der Waals surface area contributed by atoms with Crippen molar-refractivity contribution < 1.29 is 14.3 Å². The summed E-state index contributed by atoms with van der Waals surface area (Å²) in [6.45, 7) is 6.93. The Morgan fingerprint density at radius 1 is 1.14 bits per heavy atom. The molecule has 0 unspecified atom stereocenters. The molecular formula is C27H38N4O4. The topological polar surface area (TPSA) is 67.2 Å². The molecule has 35 heavy (non-hydrogen) atoms. The summed E-state index contributed by atoms with van der Waals surface area (Å²) in [5.41, 5.74) is 4.05. The monoisotopic (exact) mass is 482 g/mol. The third-order valence-corrected chi connectivity index (χ3v) is 7.16. The van der Waals surface area contributed by atoms with Gasteiger partial charge in [-0.05, 0) is 63.2 Å². The molecule has 190 valence electrons. The zero-order valence-corrected chi connectivity index (χ0v) is 21.5. The molecule has 1 aromatic heterocycles. The summed E-state index contributed by atoms with van der Waals surface area (Å²) in [5, 5.41) is 0. The predicted octanol–water partition coefficient (Wildman–Crippen LogP) is 3.06. The van der Waals surface area contributed by atoms with Gasteiger partial charge >= 0.3 is 6.09 Å². The fourth-order valence-corrected chi connectivity index (χ4v) is 5.21. The highest BCUT2D eigenvalue weighted by Crippen LogP contribution is 2.29. The SMILES string of the molecule is CCOC(=O)N1CCC(N2CCc3c(cc(-c4cccc(OC)c4)c(=O)n3CCN(C)C)C2)CC1. The fraction of sp³-hybridized carbons (Fsp3) is 0.556. The van der Waals surface area contributed by atoms with Crippen molar-refractivity contribution in [1.29, 1.82) is 0 Å². The van der Waals surface area contributed by atoms with Crippen LogP contribution in [0.15, 0.2) is 35.1 Å². The molecule has 0 N–H and O–H groups in total. The molecule has 0 spiro atoms. The van der Waals surface area contributed by atoms with Crippen molar-refractivity contribution in [3.8, 4) is 16.9 Å². The Bertz CT molecular complexity index is 1090. The molecular weight excluding hydrogens is 444 g/mol. The quantitative estimate of drug-likeness (QED) is 0.604. The first-order valence-electron chi connectivity index (χ1n) is 12.6. The van der Waals surface area contributed by atoms with Gasteiger partial charge in [0.05, 0.1) is 13.7 Å². The molecule has 8 nitrogen and oxygen atoms in total. The van der Waals surface area contributed by atoms with E-state index in [4.69, 9.17) is 9.47 Å². The van der Waals surface area contributed by atoms with Crippen molar-refractivity contribution in [2.75, 3.05) is 54.0 Å². The zero-order chi connectivity index (χ0) is 24.9. The predicted molar refractivity (Wildman–Crippen MR) is 137 cm³/mol. The molecule has 0 radical (unpaired) electrons. The number of amides is 1. The molecule has 2 aliphatic rings. The van der Waals surface area contributed by atoms with Crippen LogP contribution in [-0.2, 0) is 24.2 Å². The molecule has 1 aromatic carbocycles. The molecule has 0 aliphatic carbocycles. The lowest BCUT2D eigenvalue weighted by molar-refractivity contribution is 0.0701. The van der Waals surface area contributed by atoms with Gasteiger partial charge in [-0.1, -0.05) is 12.1 Å². The molecule has 0 atom stereocenters. The number of benzene rings is 1. The van der Waals surface area contributed by atoms with Crippen LogP contribution in [0.2, 0.25) is 0 Å². The number of likely N-dealkylation sites (N-methyl/N-ethyl adjacent to an activating group) is 1. The Kier molecular flexibility index (Phi) is 8.13. The number of hydrogen-bond donors (Lipinski definition) is 0. The largest absolute Gasteiger partial charge is 0.497 e. The van der Waals surface area contributed by atoms with Crippen molar-refractivity contribution in [3.63, 3.8) is 0 Å². The molecule has 1 saturated heterocycles. The molecule has 1 fully saturated rings. The summed E-state index contributed by atoms with van der Waals surface area (Å²) in [4.78, 5) is 32.2. The van der Waals surface area contributed by atoms with Gasteiger partial charge in [0.25, 0.3) is 5.56 Å². The summed E-state index contributed by atoms with van der Waals surface area (Å²) in [5.74, 6) is 0.745. The van der Waals surface area contributed by atoms with Gasteiger partial charge in [0.2, 0.25) is 0 Å². The molecule has 0 bridgehead atoms. The number of nitrogens with zero attached hydrogens (tertiary/aromatic N) is 4. The number of ether oxygens (including phenoxy) is 2. The number of likely N-dealkylation sites (tertiary alicyclic amines) is 1. The van der Waals surface area contributed by atoms with Crippen LogP contribution in [0.5, 0.6) is 5.75 Å². The van der Waals surface area contributed by atoms with Gasteiger partial charge in [-0.2, -0.15) is 0 Å². The summed E-state index contributed by atoms with van der Waals surface area (Å²) >= 11 is 0. The maximum Gasteiger partial charge on any atom is 0.409 e. The van der Waals surface area contributed by atoms with Crippen molar-refractivity contribution in [1.82, 2.24) is 19.3 Å². The van der Waals surface area contributed by atoms with Gasteiger partial charge in [-0.15, -0.1) is 0 Å². The van der Waals surface area contributed by atoms with Crippen LogP contribution in [0.25, 0.3) is 11.1 Å². The minimum absolute atomic E-state index is 0.0649. The van der Waals surface area contributed by atoms with E-state index in [1.807, 2.05) is 54.8 Å². The van der Waals surface area contributed by atoms with E-state index in [2.05, 4.69) is 15.9 Å². The van der Waals surface area contributed by atoms with Crippen molar-refractivity contribution in [3.05, 3.63) is 51.9 Å². The molecule has 3 heterocycles. The van der Waals surface area contributed by atoms with E-state index < -0.39 is 0 Å². The van der Waals surface area contributed by atoms with Crippen LogP contribution >= 0.6 is 0 Å². The van der Waals surface area contributed by atoms with Crippen molar-refractivity contribution >= 4 is 6.09 Å². The number of piperidine rings is 1. The molecule has 2 aliphatic heterocycles. The first-order valence-corrected chi connectivity index (χ1v) is 12.6. The van der Waals surface area contributed by atoms with E-state index in [0.29, 0.717) is 19.2 Å². The second-order valence-electron chi connectivity index (χ2n) is 9.66. The Balaban J connectivity index is 1.60. The van der Waals surface area contributed by atoms with Crippen molar-refractivity contribution in [2.45, 2.75) is 45.3 Å². The normalized spacial score (nSPS) is 16.9. The number of carbonyl (C=O) groups excluding carboxylic acids is 1. The maximum absolute atomic E-state index is 13.6. The standard InChI is InChI=1S/C27H38N4O4/c1-5-35-27(33)29-12-9-22(10-13-29)30-14-11-25-21(19-30)18-24(20-7-6-8-23(17-20)34-4)26(32)31(25)16-15-28(2)3/h6-8,17-18,22H,5,9-16,19H2,1-4H3. The molecule has 1 amide bonds.